The average Bonchev–Trinajstić information content (AvgIpc) is 3.45. The van der Waals surface area contributed by atoms with Crippen LogP contribution in [0.2, 0.25) is 0 Å². The minimum Gasteiger partial charge on any atom is -0.434 e. The number of halogens is 1. The third-order valence-corrected chi connectivity index (χ3v) is 9.96. The smallest absolute Gasteiger partial charge is 0.282 e. The lowest BCUT2D eigenvalue weighted by Gasteiger charge is -2.53. The predicted octanol–water partition coefficient (Wildman–Crippen LogP) is 4.79. The van der Waals surface area contributed by atoms with Crippen molar-refractivity contribution in [2.75, 3.05) is 65.3 Å². The second-order valence-corrected chi connectivity index (χ2v) is 14.4. The Labute approximate surface area is 280 Å². The topological polar surface area (TPSA) is 98.2 Å². The fraction of sp³-hybridized carbons (Fsp3) is 0.686. The summed E-state index contributed by atoms with van der Waals surface area (Å²) in [5.74, 6) is 0.918. The van der Waals surface area contributed by atoms with Gasteiger partial charge in [-0.3, -0.25) is 14.5 Å². The fourth-order valence-corrected chi connectivity index (χ4v) is 7.02. The van der Waals surface area contributed by atoms with Gasteiger partial charge in [-0.15, -0.1) is 10.2 Å². The summed E-state index contributed by atoms with van der Waals surface area (Å²) in [5, 5.41) is 8.22. The van der Waals surface area contributed by atoms with Crippen LogP contribution in [0.25, 0.3) is 0 Å². The zero-order valence-electron chi connectivity index (χ0n) is 29.9. The van der Waals surface area contributed by atoms with Crippen LogP contribution in [0.15, 0.2) is 24.5 Å². The van der Waals surface area contributed by atoms with E-state index in [-0.39, 0.29) is 46.5 Å². The molecule has 2 aromatic rings. The summed E-state index contributed by atoms with van der Waals surface area (Å²) in [6, 6.07) is 4.64. The Morgan fingerprint density at radius 1 is 1.09 bits per heavy atom. The van der Waals surface area contributed by atoms with Gasteiger partial charge in [-0.1, -0.05) is 13.8 Å². The number of hydrogen-bond acceptors (Lipinski definition) is 9. The van der Waals surface area contributed by atoms with E-state index in [1.54, 1.807) is 9.80 Å². The molecule has 0 bridgehead atoms. The van der Waals surface area contributed by atoms with E-state index in [1.165, 1.54) is 24.5 Å². The first-order valence-corrected chi connectivity index (χ1v) is 17.1. The molecular formula is C35H55FN8O3. The number of likely N-dealkylation sites (tertiary alicyclic amines) is 1. The first kappa shape index (κ1) is 36.5. The number of nitrogens with zero attached hydrogens (tertiary/aromatic N) is 8. The standard InChI is InChI=1S/C35H55FN8O3/c1-10-44(25(4)5)34(46)28-19-27(36)13-14-30(28)47-33-32(37-23-38-39-33)42-17-15-35(20-42)21-43(22-35)29(24(2)3)12-11-16-41(9)26(6)18-31(45)40(7)8/h13-14,19,23-26,29H,10-12,15-18,20-22H2,1-9H3. The number of benzene rings is 1. The lowest BCUT2D eigenvalue weighted by molar-refractivity contribution is -0.129. The SMILES string of the molecule is CCN(C(=O)c1cc(F)ccc1Oc1nncnc1N1CCC2(C1)CN(C(CCCN(C)C(C)CC(=O)N(C)C)C(C)C)C2)C(C)C. The van der Waals surface area contributed by atoms with E-state index in [9.17, 15) is 14.0 Å². The summed E-state index contributed by atoms with van der Waals surface area (Å²) in [7, 11) is 5.73. The van der Waals surface area contributed by atoms with Crippen molar-refractivity contribution in [3.8, 4) is 11.6 Å². The second kappa shape index (κ2) is 15.7. The van der Waals surface area contributed by atoms with Crippen molar-refractivity contribution in [1.29, 1.82) is 0 Å². The molecule has 3 heterocycles. The molecule has 1 aromatic carbocycles. The molecule has 1 aromatic heterocycles. The Hall–Kier alpha value is -3.38. The maximum atomic E-state index is 14.3. The lowest BCUT2D eigenvalue weighted by Crippen LogP contribution is -2.62. The number of anilines is 1. The maximum Gasteiger partial charge on any atom is 0.282 e. The molecule has 11 nitrogen and oxygen atoms in total. The van der Waals surface area contributed by atoms with Crippen molar-refractivity contribution in [1.82, 2.24) is 34.8 Å². The van der Waals surface area contributed by atoms with Crippen molar-refractivity contribution >= 4 is 17.6 Å². The summed E-state index contributed by atoms with van der Waals surface area (Å²) < 4.78 is 20.5. The molecule has 2 unspecified atom stereocenters. The summed E-state index contributed by atoms with van der Waals surface area (Å²) in [4.78, 5) is 40.5. The van der Waals surface area contributed by atoms with E-state index in [0.29, 0.717) is 30.7 Å². The number of ether oxygens (including phenoxy) is 1. The molecule has 2 aliphatic heterocycles. The Kier molecular flexibility index (Phi) is 12.2. The van der Waals surface area contributed by atoms with Crippen molar-refractivity contribution in [2.24, 2.45) is 11.3 Å². The van der Waals surface area contributed by atoms with Crippen LogP contribution >= 0.6 is 0 Å². The second-order valence-electron chi connectivity index (χ2n) is 14.4. The van der Waals surface area contributed by atoms with Crippen LogP contribution in [-0.2, 0) is 4.79 Å². The van der Waals surface area contributed by atoms with Gasteiger partial charge in [-0.25, -0.2) is 9.37 Å². The number of amides is 2. The van der Waals surface area contributed by atoms with E-state index in [2.05, 4.69) is 57.7 Å². The summed E-state index contributed by atoms with van der Waals surface area (Å²) in [6.07, 6.45) is 5.20. The molecule has 12 heteroatoms. The molecule has 1 spiro atoms. The van der Waals surface area contributed by atoms with Gasteiger partial charge in [0.05, 0.1) is 5.56 Å². The number of carbonyl (C=O) groups excluding carboxylic acids is 2. The highest BCUT2D eigenvalue weighted by Crippen LogP contribution is 2.44. The molecule has 0 radical (unpaired) electrons. The predicted molar refractivity (Wildman–Crippen MR) is 182 cm³/mol. The number of aromatic nitrogens is 3. The zero-order chi connectivity index (χ0) is 34.5. The summed E-state index contributed by atoms with van der Waals surface area (Å²) >= 11 is 0. The summed E-state index contributed by atoms with van der Waals surface area (Å²) in [6.45, 7) is 17.7. The van der Waals surface area contributed by atoms with E-state index in [4.69, 9.17) is 4.74 Å². The minimum absolute atomic E-state index is 0.0504. The van der Waals surface area contributed by atoms with Gasteiger partial charge < -0.3 is 24.3 Å². The zero-order valence-corrected chi connectivity index (χ0v) is 29.9. The fourth-order valence-electron chi connectivity index (χ4n) is 7.02. The van der Waals surface area contributed by atoms with Crippen LogP contribution in [0.1, 0.15) is 77.6 Å². The third-order valence-electron chi connectivity index (χ3n) is 9.96. The van der Waals surface area contributed by atoms with Crippen LogP contribution in [0.4, 0.5) is 10.2 Å². The molecule has 2 fully saturated rings. The minimum atomic E-state index is -0.508. The highest BCUT2D eigenvalue weighted by molar-refractivity contribution is 5.97. The molecule has 2 saturated heterocycles. The molecule has 4 rings (SSSR count). The van der Waals surface area contributed by atoms with Gasteiger partial charge in [-0.2, -0.15) is 0 Å². The Morgan fingerprint density at radius 3 is 2.45 bits per heavy atom. The highest BCUT2D eigenvalue weighted by Gasteiger charge is 2.50. The van der Waals surface area contributed by atoms with Gasteiger partial charge in [0.25, 0.3) is 11.8 Å². The van der Waals surface area contributed by atoms with Crippen LogP contribution in [0.3, 0.4) is 0 Å². The van der Waals surface area contributed by atoms with Gasteiger partial charge in [0.15, 0.2) is 5.82 Å². The molecular weight excluding hydrogens is 599 g/mol. The van der Waals surface area contributed by atoms with Crippen LogP contribution in [0, 0.1) is 17.2 Å². The van der Waals surface area contributed by atoms with Crippen molar-refractivity contribution in [3.05, 3.63) is 35.9 Å². The molecule has 0 saturated carbocycles. The number of rotatable bonds is 15. The first-order chi connectivity index (χ1) is 22.2. The van der Waals surface area contributed by atoms with Gasteiger partial charge in [0.2, 0.25) is 5.91 Å². The van der Waals surface area contributed by atoms with E-state index < -0.39 is 5.82 Å². The average molecular weight is 655 g/mol. The Morgan fingerprint density at radius 2 is 1.81 bits per heavy atom. The van der Waals surface area contributed by atoms with Gasteiger partial charge >= 0.3 is 0 Å². The molecule has 2 amide bonds. The molecule has 0 N–H and O–H groups in total. The van der Waals surface area contributed by atoms with Gasteiger partial charge in [0.1, 0.15) is 17.9 Å². The highest BCUT2D eigenvalue weighted by atomic mass is 19.1. The first-order valence-electron chi connectivity index (χ1n) is 17.1. The Balaban J connectivity index is 1.38. The van der Waals surface area contributed by atoms with Crippen molar-refractivity contribution in [3.63, 3.8) is 0 Å². The van der Waals surface area contributed by atoms with Crippen LogP contribution in [0.5, 0.6) is 11.6 Å². The van der Waals surface area contributed by atoms with Crippen molar-refractivity contribution < 1.29 is 18.7 Å². The van der Waals surface area contributed by atoms with Crippen molar-refractivity contribution in [2.45, 2.75) is 85.4 Å². The number of carbonyl (C=O) groups is 2. The molecule has 260 valence electrons. The summed E-state index contributed by atoms with van der Waals surface area (Å²) in [5.41, 5.74) is 0.315. The van der Waals surface area contributed by atoms with Crippen LogP contribution in [-0.4, -0.2) is 125 Å². The monoisotopic (exact) mass is 654 g/mol. The molecule has 47 heavy (non-hydrogen) atoms. The van der Waals surface area contributed by atoms with Crippen LogP contribution < -0.4 is 9.64 Å². The van der Waals surface area contributed by atoms with Gasteiger partial charge in [0, 0.05) is 76.8 Å². The maximum absolute atomic E-state index is 14.3. The number of hydrogen-bond donors (Lipinski definition) is 0. The van der Waals surface area contributed by atoms with E-state index >= 15 is 0 Å². The van der Waals surface area contributed by atoms with E-state index in [1.807, 2.05) is 34.9 Å². The normalized spacial score (nSPS) is 17.3. The van der Waals surface area contributed by atoms with Gasteiger partial charge in [-0.05, 0) is 84.7 Å². The lowest BCUT2D eigenvalue weighted by atomic mass is 9.76. The molecule has 0 aliphatic carbocycles. The Bertz CT molecular complexity index is 1370. The van der Waals surface area contributed by atoms with E-state index in [0.717, 1.165) is 52.0 Å². The molecule has 2 aliphatic rings. The molecule has 2 atom stereocenters. The quantitative estimate of drug-likeness (QED) is 0.269. The largest absolute Gasteiger partial charge is 0.434 e. The third kappa shape index (κ3) is 8.76.